The second-order valence-corrected chi connectivity index (χ2v) is 14.0. The van der Waals surface area contributed by atoms with Gasteiger partial charge in [0.05, 0.1) is 5.69 Å². The molecule has 0 aliphatic heterocycles. The molecular formula is C48H31NS. The van der Waals surface area contributed by atoms with Crippen molar-refractivity contribution >= 4 is 80.9 Å². The first kappa shape index (κ1) is 28.8. The van der Waals surface area contributed by atoms with Crippen molar-refractivity contribution in [1.82, 2.24) is 0 Å². The Balaban J connectivity index is 1.24. The predicted octanol–water partition coefficient (Wildman–Crippen LogP) is 14.3. The van der Waals surface area contributed by atoms with Gasteiger partial charge in [-0.1, -0.05) is 146 Å². The van der Waals surface area contributed by atoms with E-state index in [0.29, 0.717) is 0 Å². The zero-order valence-electron chi connectivity index (χ0n) is 27.3. The number of hydrogen-bond donors (Lipinski definition) is 0. The van der Waals surface area contributed by atoms with Gasteiger partial charge in [-0.05, 0) is 91.5 Å². The van der Waals surface area contributed by atoms with Crippen LogP contribution < -0.4 is 4.90 Å². The van der Waals surface area contributed by atoms with Gasteiger partial charge in [0.2, 0.25) is 0 Å². The molecule has 0 fully saturated rings. The van der Waals surface area contributed by atoms with Crippen LogP contribution in [0, 0.1) is 0 Å². The molecule has 234 valence electrons. The molecule has 1 heterocycles. The molecule has 10 aromatic rings. The molecule has 1 aromatic heterocycles. The number of nitrogens with zero attached hydrogens (tertiary/aromatic N) is 1. The van der Waals surface area contributed by atoms with Crippen molar-refractivity contribution in [3.05, 3.63) is 188 Å². The Bertz CT molecular complexity index is 2890. The molecule has 10 rings (SSSR count). The summed E-state index contributed by atoms with van der Waals surface area (Å²) in [5.41, 5.74) is 8.25. The molecule has 0 saturated carbocycles. The van der Waals surface area contributed by atoms with E-state index < -0.39 is 0 Å². The Morgan fingerprint density at radius 3 is 1.84 bits per heavy atom. The van der Waals surface area contributed by atoms with Crippen molar-refractivity contribution in [2.45, 2.75) is 0 Å². The highest BCUT2D eigenvalue weighted by atomic mass is 32.1. The highest BCUT2D eigenvalue weighted by molar-refractivity contribution is 7.25. The monoisotopic (exact) mass is 653 g/mol. The molecule has 0 aliphatic rings. The fourth-order valence-corrected chi connectivity index (χ4v) is 8.88. The van der Waals surface area contributed by atoms with Gasteiger partial charge in [-0.15, -0.1) is 11.3 Å². The average Bonchev–Trinajstić information content (AvgIpc) is 3.56. The van der Waals surface area contributed by atoms with Gasteiger partial charge >= 0.3 is 0 Å². The van der Waals surface area contributed by atoms with Crippen LogP contribution in [0.1, 0.15) is 0 Å². The Hall–Kier alpha value is -6.22. The lowest BCUT2D eigenvalue weighted by molar-refractivity contribution is 1.29. The number of rotatable bonds is 5. The van der Waals surface area contributed by atoms with Crippen LogP contribution in [0.15, 0.2) is 188 Å². The average molecular weight is 654 g/mol. The minimum atomic E-state index is 1.12. The minimum absolute atomic E-state index is 1.12. The second kappa shape index (κ2) is 11.7. The summed E-state index contributed by atoms with van der Waals surface area (Å²) in [4.78, 5) is 2.46. The van der Waals surface area contributed by atoms with Gasteiger partial charge in [0.25, 0.3) is 0 Å². The minimum Gasteiger partial charge on any atom is -0.310 e. The molecule has 0 N–H and O–H groups in total. The Kier molecular flexibility index (Phi) is 6.75. The van der Waals surface area contributed by atoms with Crippen molar-refractivity contribution in [3.63, 3.8) is 0 Å². The van der Waals surface area contributed by atoms with E-state index >= 15 is 0 Å². The molecule has 0 saturated heterocycles. The molecule has 0 radical (unpaired) electrons. The zero-order valence-corrected chi connectivity index (χ0v) is 28.1. The van der Waals surface area contributed by atoms with Crippen LogP contribution >= 0.6 is 11.3 Å². The topological polar surface area (TPSA) is 3.24 Å². The summed E-state index contributed by atoms with van der Waals surface area (Å²) in [7, 11) is 0. The van der Waals surface area contributed by atoms with Crippen LogP contribution in [0.2, 0.25) is 0 Å². The number of thiophene rings is 1. The molecule has 1 nitrogen and oxygen atoms in total. The molecule has 0 unspecified atom stereocenters. The van der Waals surface area contributed by atoms with E-state index in [-0.39, 0.29) is 0 Å². The normalized spacial score (nSPS) is 11.6. The van der Waals surface area contributed by atoms with E-state index in [1.165, 1.54) is 74.7 Å². The standard InChI is InChI=1S/C48H31NS/c1-3-18-37-32(13-1)15-12-24-38(37)33-16-11-17-35(29-33)49(36-27-28-44-43-23-8-10-26-47(43)50-48(44)31-36)46-25-9-7-22-42(46)45-30-34-14-2-4-19-39(34)40-20-5-6-21-41(40)45/h1-31H. The Morgan fingerprint density at radius 1 is 0.320 bits per heavy atom. The number of para-hydroxylation sites is 1. The quantitative estimate of drug-likeness (QED) is 0.167. The summed E-state index contributed by atoms with van der Waals surface area (Å²) in [6.07, 6.45) is 0. The summed E-state index contributed by atoms with van der Waals surface area (Å²) in [5, 5.41) is 10.2. The molecule has 9 aromatic carbocycles. The van der Waals surface area contributed by atoms with Gasteiger partial charge in [-0.3, -0.25) is 0 Å². The summed E-state index contributed by atoms with van der Waals surface area (Å²) in [6.45, 7) is 0. The highest BCUT2D eigenvalue weighted by Gasteiger charge is 2.21. The Morgan fingerprint density at radius 2 is 0.940 bits per heavy atom. The van der Waals surface area contributed by atoms with Crippen LogP contribution in [-0.4, -0.2) is 0 Å². The van der Waals surface area contributed by atoms with Gasteiger partial charge in [-0.2, -0.15) is 0 Å². The predicted molar refractivity (Wildman–Crippen MR) is 217 cm³/mol. The van der Waals surface area contributed by atoms with Crippen molar-refractivity contribution in [3.8, 4) is 22.3 Å². The van der Waals surface area contributed by atoms with E-state index in [0.717, 1.165) is 17.1 Å². The first-order valence-corrected chi connectivity index (χ1v) is 17.9. The molecule has 0 atom stereocenters. The highest BCUT2D eigenvalue weighted by Crippen LogP contribution is 2.46. The van der Waals surface area contributed by atoms with Crippen LogP contribution in [0.3, 0.4) is 0 Å². The van der Waals surface area contributed by atoms with Crippen molar-refractivity contribution in [2.24, 2.45) is 0 Å². The van der Waals surface area contributed by atoms with Crippen molar-refractivity contribution in [2.75, 3.05) is 4.90 Å². The van der Waals surface area contributed by atoms with Crippen LogP contribution in [0.5, 0.6) is 0 Å². The van der Waals surface area contributed by atoms with Crippen molar-refractivity contribution < 1.29 is 0 Å². The smallest absolute Gasteiger partial charge is 0.0540 e. The summed E-state index contributed by atoms with van der Waals surface area (Å²) in [5.74, 6) is 0. The number of fused-ring (bicyclic) bond motifs is 7. The zero-order chi connectivity index (χ0) is 33.0. The number of benzene rings is 9. The fraction of sp³-hybridized carbons (Fsp3) is 0. The molecular weight excluding hydrogens is 623 g/mol. The molecule has 50 heavy (non-hydrogen) atoms. The summed E-state index contributed by atoms with van der Waals surface area (Å²) < 4.78 is 2.60. The Labute approximate surface area is 294 Å². The molecule has 0 spiro atoms. The van der Waals surface area contributed by atoms with Crippen LogP contribution in [-0.2, 0) is 0 Å². The van der Waals surface area contributed by atoms with Crippen LogP contribution in [0.4, 0.5) is 17.1 Å². The maximum Gasteiger partial charge on any atom is 0.0540 e. The summed E-state index contributed by atoms with van der Waals surface area (Å²) >= 11 is 1.86. The van der Waals surface area contributed by atoms with E-state index in [4.69, 9.17) is 0 Å². The second-order valence-electron chi connectivity index (χ2n) is 12.9. The molecule has 0 bridgehead atoms. The van der Waals surface area contributed by atoms with E-state index in [9.17, 15) is 0 Å². The SMILES string of the molecule is c1cc(-c2cccc3ccccc23)cc(N(c2ccc3c(c2)sc2ccccc23)c2ccccc2-c2cc3ccccc3c3ccccc23)c1. The maximum absolute atomic E-state index is 2.46. The fourth-order valence-electron chi connectivity index (χ4n) is 7.74. The molecule has 0 aliphatic carbocycles. The van der Waals surface area contributed by atoms with Gasteiger partial charge in [0.15, 0.2) is 0 Å². The number of hydrogen-bond acceptors (Lipinski definition) is 2. The van der Waals surface area contributed by atoms with Gasteiger partial charge in [0.1, 0.15) is 0 Å². The first-order chi connectivity index (χ1) is 24.8. The van der Waals surface area contributed by atoms with Crippen LogP contribution in [0.25, 0.3) is 74.7 Å². The largest absolute Gasteiger partial charge is 0.310 e. The third kappa shape index (κ3) is 4.69. The summed E-state index contributed by atoms with van der Waals surface area (Å²) in [6, 6.07) is 68.8. The van der Waals surface area contributed by atoms with Gasteiger partial charge in [0, 0.05) is 37.1 Å². The number of anilines is 3. The van der Waals surface area contributed by atoms with E-state index in [1.54, 1.807) is 0 Å². The van der Waals surface area contributed by atoms with Gasteiger partial charge < -0.3 is 4.90 Å². The first-order valence-electron chi connectivity index (χ1n) is 17.1. The third-order valence-electron chi connectivity index (χ3n) is 10.0. The van der Waals surface area contributed by atoms with Gasteiger partial charge in [-0.25, -0.2) is 0 Å². The maximum atomic E-state index is 2.46. The van der Waals surface area contributed by atoms with E-state index in [1.807, 2.05) is 11.3 Å². The molecule has 2 heteroatoms. The van der Waals surface area contributed by atoms with E-state index in [2.05, 4.69) is 193 Å². The third-order valence-corrected chi connectivity index (χ3v) is 11.2. The van der Waals surface area contributed by atoms with Crippen molar-refractivity contribution in [1.29, 1.82) is 0 Å². The lowest BCUT2D eigenvalue weighted by Crippen LogP contribution is -2.11. The molecule has 0 amide bonds. The lowest BCUT2D eigenvalue weighted by Gasteiger charge is -2.29. The lowest BCUT2D eigenvalue weighted by atomic mass is 9.92.